The van der Waals surface area contributed by atoms with Gasteiger partial charge in [-0.25, -0.2) is 0 Å². The normalized spacial score (nSPS) is 14.2. The number of nitrogens with zero attached hydrogens (tertiary/aromatic N) is 1. The number of aryl methyl sites for hydroxylation is 2. The van der Waals surface area contributed by atoms with Gasteiger partial charge >= 0.3 is 0 Å². The van der Waals surface area contributed by atoms with E-state index in [1.54, 1.807) is 13.3 Å². The summed E-state index contributed by atoms with van der Waals surface area (Å²) in [4.78, 5) is 12.4. The summed E-state index contributed by atoms with van der Waals surface area (Å²) in [6, 6.07) is 16.5. The van der Waals surface area contributed by atoms with Gasteiger partial charge in [-0.3, -0.25) is 4.79 Å². The molecule has 0 spiro atoms. The minimum absolute atomic E-state index is 0.0719. The molecule has 0 fully saturated rings. The number of ether oxygens (including phenoxy) is 1. The number of carbonyl (C=O) groups is 1. The van der Waals surface area contributed by atoms with Gasteiger partial charge in [0.15, 0.2) is 0 Å². The molecule has 5 heteroatoms. The molecule has 1 atom stereocenters. The second-order valence-electron chi connectivity index (χ2n) is 7.89. The Morgan fingerprint density at radius 1 is 1.16 bits per heavy atom. The van der Waals surface area contributed by atoms with E-state index in [0.29, 0.717) is 13.0 Å². The minimum Gasteiger partial charge on any atom is -0.497 e. The summed E-state index contributed by atoms with van der Waals surface area (Å²) in [6.07, 6.45) is 7.92. The van der Waals surface area contributed by atoms with Gasteiger partial charge in [0.1, 0.15) is 17.4 Å². The fourth-order valence-corrected chi connectivity index (χ4v) is 3.96. The maximum atomic E-state index is 12.4. The van der Waals surface area contributed by atoms with Gasteiger partial charge in [-0.15, -0.1) is 0 Å². The lowest BCUT2D eigenvalue weighted by atomic mass is 9.89. The number of amides is 1. The van der Waals surface area contributed by atoms with Gasteiger partial charge in [0, 0.05) is 12.7 Å². The smallest absolute Gasteiger partial charge is 0.263 e. The average molecular weight is 418 g/mol. The highest BCUT2D eigenvalue weighted by Gasteiger charge is 2.15. The van der Waals surface area contributed by atoms with Crippen molar-refractivity contribution in [3.8, 4) is 11.8 Å². The van der Waals surface area contributed by atoms with Crippen LogP contribution in [0.25, 0.3) is 0 Å². The molecule has 0 aromatic heterocycles. The first-order chi connectivity index (χ1) is 15.1. The molecule has 2 aromatic rings. The standard InChI is InChI=1S/C26H31N3O2/c1-3-25(22-11-10-20-6-4-5-7-21(20)16-22)29-18-23(17-27)26(30)28-15-14-19-8-12-24(31-2)13-9-19/h8-13,16,18,25,29H,3-7,14-15H2,1-2H3,(H,28,30)/b23-18-. The van der Waals surface area contributed by atoms with Crippen molar-refractivity contribution in [3.05, 3.63) is 76.5 Å². The summed E-state index contributed by atoms with van der Waals surface area (Å²) in [7, 11) is 1.63. The summed E-state index contributed by atoms with van der Waals surface area (Å²) in [5.74, 6) is 0.446. The number of rotatable bonds is 9. The van der Waals surface area contributed by atoms with Crippen molar-refractivity contribution in [2.75, 3.05) is 13.7 Å². The summed E-state index contributed by atoms with van der Waals surface area (Å²) in [5, 5.41) is 15.6. The molecule has 0 heterocycles. The van der Waals surface area contributed by atoms with Gasteiger partial charge in [0.2, 0.25) is 0 Å². The van der Waals surface area contributed by atoms with Crippen molar-refractivity contribution < 1.29 is 9.53 Å². The van der Waals surface area contributed by atoms with E-state index in [-0.39, 0.29) is 17.5 Å². The Bertz CT molecular complexity index is 958. The third-order valence-corrected chi connectivity index (χ3v) is 5.84. The highest BCUT2D eigenvalue weighted by molar-refractivity contribution is 5.97. The zero-order valence-electron chi connectivity index (χ0n) is 18.4. The van der Waals surface area contributed by atoms with Crippen LogP contribution in [-0.4, -0.2) is 19.6 Å². The largest absolute Gasteiger partial charge is 0.497 e. The highest BCUT2D eigenvalue weighted by Crippen LogP contribution is 2.26. The molecule has 0 saturated heterocycles. The third kappa shape index (κ3) is 6.11. The SMILES string of the molecule is CCC(N/C=C(/C#N)C(=O)NCCc1ccc(OC)cc1)c1ccc2c(c1)CCCC2. The Hall–Kier alpha value is -3.26. The zero-order chi connectivity index (χ0) is 22.1. The molecule has 2 N–H and O–H groups in total. The molecule has 0 radical (unpaired) electrons. The summed E-state index contributed by atoms with van der Waals surface area (Å²) in [5.41, 5.74) is 5.28. The number of nitriles is 1. The molecule has 1 aliphatic carbocycles. The topological polar surface area (TPSA) is 74.2 Å². The van der Waals surface area contributed by atoms with Crippen LogP contribution in [0.4, 0.5) is 0 Å². The molecule has 0 aliphatic heterocycles. The van der Waals surface area contributed by atoms with Gasteiger partial charge < -0.3 is 15.4 Å². The fourth-order valence-electron chi connectivity index (χ4n) is 3.96. The van der Waals surface area contributed by atoms with Crippen molar-refractivity contribution in [2.24, 2.45) is 0 Å². The van der Waals surface area contributed by atoms with E-state index >= 15 is 0 Å². The van der Waals surface area contributed by atoms with Crippen LogP contribution in [0.15, 0.2) is 54.2 Å². The molecule has 1 aliphatic rings. The molecular formula is C26H31N3O2. The van der Waals surface area contributed by atoms with Crippen LogP contribution >= 0.6 is 0 Å². The van der Waals surface area contributed by atoms with E-state index in [9.17, 15) is 10.1 Å². The maximum Gasteiger partial charge on any atom is 0.263 e. The Balaban J connectivity index is 1.56. The molecule has 1 amide bonds. The lowest BCUT2D eigenvalue weighted by Gasteiger charge is -2.21. The van der Waals surface area contributed by atoms with Crippen LogP contribution in [0.2, 0.25) is 0 Å². The molecule has 31 heavy (non-hydrogen) atoms. The van der Waals surface area contributed by atoms with Crippen molar-refractivity contribution in [2.45, 2.75) is 51.5 Å². The summed E-state index contributed by atoms with van der Waals surface area (Å²) < 4.78 is 5.15. The van der Waals surface area contributed by atoms with Crippen LogP contribution in [0.5, 0.6) is 5.75 Å². The van der Waals surface area contributed by atoms with Crippen LogP contribution < -0.4 is 15.4 Å². The van der Waals surface area contributed by atoms with Crippen molar-refractivity contribution in [1.29, 1.82) is 5.26 Å². The Morgan fingerprint density at radius 2 is 1.90 bits per heavy atom. The molecule has 1 unspecified atom stereocenters. The molecule has 0 saturated carbocycles. The van der Waals surface area contributed by atoms with Crippen LogP contribution in [0, 0.1) is 11.3 Å². The number of fused-ring (bicyclic) bond motifs is 1. The van der Waals surface area contributed by atoms with Crippen LogP contribution in [0.1, 0.15) is 54.5 Å². The Kier molecular flexibility index (Phi) is 8.12. The minimum atomic E-state index is -0.358. The Morgan fingerprint density at radius 3 is 2.58 bits per heavy atom. The quantitative estimate of drug-likeness (QED) is 0.469. The molecule has 162 valence electrons. The second-order valence-corrected chi connectivity index (χ2v) is 7.89. The lowest BCUT2D eigenvalue weighted by Crippen LogP contribution is -2.28. The number of hydrogen-bond donors (Lipinski definition) is 2. The van der Waals surface area contributed by atoms with Crippen molar-refractivity contribution in [1.82, 2.24) is 10.6 Å². The first kappa shape index (κ1) is 22.4. The molecule has 2 aromatic carbocycles. The first-order valence-electron chi connectivity index (χ1n) is 11.0. The van der Waals surface area contributed by atoms with Gasteiger partial charge in [-0.2, -0.15) is 5.26 Å². The van der Waals surface area contributed by atoms with Crippen LogP contribution in [0.3, 0.4) is 0 Å². The molecule has 5 nitrogen and oxygen atoms in total. The summed E-state index contributed by atoms with van der Waals surface area (Å²) >= 11 is 0. The van der Waals surface area contributed by atoms with Crippen molar-refractivity contribution >= 4 is 5.91 Å². The van der Waals surface area contributed by atoms with E-state index in [4.69, 9.17) is 4.74 Å². The van der Waals surface area contributed by atoms with Gasteiger partial charge in [0.25, 0.3) is 5.91 Å². The van der Waals surface area contributed by atoms with Gasteiger partial charge in [-0.05, 0) is 72.9 Å². The predicted octanol–water partition coefficient (Wildman–Crippen LogP) is 4.38. The van der Waals surface area contributed by atoms with Gasteiger partial charge in [-0.1, -0.05) is 37.3 Å². The predicted molar refractivity (Wildman–Crippen MR) is 123 cm³/mol. The Labute approximate surface area is 185 Å². The number of benzene rings is 2. The zero-order valence-corrected chi connectivity index (χ0v) is 18.4. The van der Waals surface area contributed by atoms with Crippen LogP contribution in [-0.2, 0) is 24.1 Å². The van der Waals surface area contributed by atoms with E-state index in [1.165, 1.54) is 29.5 Å². The van der Waals surface area contributed by atoms with E-state index in [2.05, 4.69) is 35.8 Å². The molecular weight excluding hydrogens is 386 g/mol. The van der Waals surface area contributed by atoms with E-state index in [1.807, 2.05) is 30.3 Å². The van der Waals surface area contributed by atoms with Crippen molar-refractivity contribution in [3.63, 3.8) is 0 Å². The number of methoxy groups -OCH3 is 1. The number of hydrogen-bond acceptors (Lipinski definition) is 4. The average Bonchev–Trinajstić information content (AvgIpc) is 2.82. The maximum absolute atomic E-state index is 12.4. The number of carbonyl (C=O) groups excluding carboxylic acids is 1. The van der Waals surface area contributed by atoms with E-state index in [0.717, 1.165) is 30.6 Å². The van der Waals surface area contributed by atoms with E-state index < -0.39 is 0 Å². The number of nitrogens with one attached hydrogen (secondary N) is 2. The second kappa shape index (κ2) is 11.2. The highest BCUT2D eigenvalue weighted by atomic mass is 16.5. The first-order valence-corrected chi connectivity index (χ1v) is 11.0. The third-order valence-electron chi connectivity index (χ3n) is 5.84. The molecule has 3 rings (SSSR count). The van der Waals surface area contributed by atoms with Gasteiger partial charge in [0.05, 0.1) is 13.2 Å². The molecule has 0 bridgehead atoms. The lowest BCUT2D eigenvalue weighted by molar-refractivity contribution is -0.117. The summed E-state index contributed by atoms with van der Waals surface area (Å²) in [6.45, 7) is 2.57. The monoisotopic (exact) mass is 417 g/mol. The fraction of sp³-hybridized carbons (Fsp3) is 0.385.